The van der Waals surface area contributed by atoms with Crippen molar-refractivity contribution in [3.05, 3.63) is 51.5 Å². The van der Waals surface area contributed by atoms with E-state index in [2.05, 4.69) is 58.7 Å². The van der Waals surface area contributed by atoms with E-state index in [9.17, 15) is 0 Å². The summed E-state index contributed by atoms with van der Waals surface area (Å²) in [6, 6.07) is 8.50. The molecule has 0 aliphatic heterocycles. The second-order valence-corrected chi connectivity index (χ2v) is 6.18. The molecule has 4 nitrogen and oxygen atoms in total. The van der Waals surface area contributed by atoms with Crippen molar-refractivity contribution in [2.75, 3.05) is 7.05 Å². The van der Waals surface area contributed by atoms with E-state index in [0.717, 1.165) is 30.4 Å². The van der Waals surface area contributed by atoms with Crippen molar-refractivity contribution in [3.8, 4) is 0 Å². The molecule has 2 rings (SSSR count). The molecule has 0 unspecified atom stereocenters. The quantitative estimate of drug-likeness (QED) is 0.636. The third kappa shape index (κ3) is 4.56. The van der Waals surface area contributed by atoms with Gasteiger partial charge in [-0.25, -0.2) is 4.98 Å². The zero-order valence-electron chi connectivity index (χ0n) is 13.5. The first kappa shape index (κ1) is 16.5. The number of aliphatic imine (C=N–C) groups is 1. The van der Waals surface area contributed by atoms with Crippen LogP contribution in [0.5, 0.6) is 0 Å². The van der Waals surface area contributed by atoms with Crippen LogP contribution in [0.1, 0.15) is 34.9 Å². The van der Waals surface area contributed by atoms with Crippen molar-refractivity contribution in [1.29, 1.82) is 0 Å². The maximum atomic E-state index is 4.41. The van der Waals surface area contributed by atoms with Crippen molar-refractivity contribution in [2.24, 2.45) is 4.99 Å². The molecule has 0 amide bonds. The van der Waals surface area contributed by atoms with Gasteiger partial charge in [-0.05, 0) is 24.0 Å². The molecular weight excluding hydrogens is 292 g/mol. The zero-order chi connectivity index (χ0) is 15.8. The zero-order valence-corrected chi connectivity index (χ0v) is 14.3. The molecule has 5 heteroatoms. The molecule has 0 aliphatic rings. The van der Waals surface area contributed by atoms with E-state index in [4.69, 9.17) is 0 Å². The van der Waals surface area contributed by atoms with Gasteiger partial charge in [0.1, 0.15) is 5.01 Å². The summed E-state index contributed by atoms with van der Waals surface area (Å²) in [6.45, 7) is 5.82. The molecule has 1 aromatic heterocycles. The van der Waals surface area contributed by atoms with Crippen LogP contribution >= 0.6 is 11.3 Å². The van der Waals surface area contributed by atoms with Crippen LogP contribution in [-0.4, -0.2) is 18.0 Å². The molecule has 2 N–H and O–H groups in total. The Morgan fingerprint density at radius 3 is 2.45 bits per heavy atom. The van der Waals surface area contributed by atoms with Gasteiger partial charge in [0.2, 0.25) is 0 Å². The molecule has 0 fully saturated rings. The van der Waals surface area contributed by atoms with E-state index in [0.29, 0.717) is 6.54 Å². The number of hydrogen-bond acceptors (Lipinski definition) is 3. The molecule has 1 heterocycles. The minimum atomic E-state index is 0.708. The third-order valence-corrected chi connectivity index (χ3v) is 4.67. The topological polar surface area (TPSA) is 49.3 Å². The molecule has 0 atom stereocenters. The Balaban J connectivity index is 1.87. The van der Waals surface area contributed by atoms with E-state index in [1.807, 2.05) is 6.20 Å². The Hall–Kier alpha value is -1.88. The smallest absolute Gasteiger partial charge is 0.191 e. The second kappa shape index (κ2) is 8.54. The molecule has 0 bridgehead atoms. The number of rotatable bonds is 6. The first-order chi connectivity index (χ1) is 10.8. The lowest BCUT2D eigenvalue weighted by atomic mass is 10.1. The highest BCUT2D eigenvalue weighted by molar-refractivity contribution is 7.11. The predicted octanol–water partition coefficient (Wildman–Crippen LogP) is 3.13. The minimum absolute atomic E-state index is 0.708. The fraction of sp³-hybridized carbons (Fsp3) is 0.412. The summed E-state index contributed by atoms with van der Waals surface area (Å²) in [5, 5.41) is 7.78. The molecule has 0 saturated heterocycles. The first-order valence-electron chi connectivity index (χ1n) is 7.71. The lowest BCUT2D eigenvalue weighted by Crippen LogP contribution is -2.36. The average molecular weight is 316 g/mol. The summed E-state index contributed by atoms with van der Waals surface area (Å²) < 4.78 is 0. The standard InChI is InChI=1S/C17H24N4S/c1-4-13-8-6-7-9-14(13)10-20-17(18-3)21-12-16-19-11-15(5-2)22-16/h6-9,11H,4-5,10,12H2,1-3H3,(H2,18,20,21). The van der Waals surface area contributed by atoms with Crippen molar-refractivity contribution in [3.63, 3.8) is 0 Å². The lowest BCUT2D eigenvalue weighted by molar-refractivity contribution is 0.799. The highest BCUT2D eigenvalue weighted by atomic mass is 32.1. The van der Waals surface area contributed by atoms with Gasteiger partial charge < -0.3 is 10.6 Å². The van der Waals surface area contributed by atoms with E-state index < -0.39 is 0 Å². The number of nitrogens with zero attached hydrogens (tertiary/aromatic N) is 2. The Labute approximate surface area is 136 Å². The normalized spacial score (nSPS) is 11.5. The minimum Gasteiger partial charge on any atom is -0.352 e. The Morgan fingerprint density at radius 1 is 1.09 bits per heavy atom. The van der Waals surface area contributed by atoms with Crippen LogP contribution < -0.4 is 10.6 Å². The van der Waals surface area contributed by atoms with Crippen LogP contribution in [0.15, 0.2) is 35.5 Å². The Kier molecular flexibility index (Phi) is 6.40. The lowest BCUT2D eigenvalue weighted by Gasteiger charge is -2.13. The number of hydrogen-bond donors (Lipinski definition) is 2. The van der Waals surface area contributed by atoms with E-state index in [1.165, 1.54) is 16.0 Å². The first-order valence-corrected chi connectivity index (χ1v) is 8.53. The fourth-order valence-corrected chi connectivity index (χ4v) is 3.03. The summed E-state index contributed by atoms with van der Waals surface area (Å²) in [4.78, 5) is 10.0. The maximum Gasteiger partial charge on any atom is 0.191 e. The third-order valence-electron chi connectivity index (χ3n) is 3.53. The number of aromatic nitrogens is 1. The van der Waals surface area contributed by atoms with Gasteiger partial charge in [0.15, 0.2) is 5.96 Å². The second-order valence-electron chi connectivity index (χ2n) is 4.98. The van der Waals surface area contributed by atoms with E-state index in [1.54, 1.807) is 18.4 Å². The molecule has 0 saturated carbocycles. The molecular formula is C17H24N4S. The fourth-order valence-electron chi connectivity index (χ4n) is 2.23. The van der Waals surface area contributed by atoms with Gasteiger partial charge in [0.05, 0.1) is 6.54 Å². The van der Waals surface area contributed by atoms with Crippen LogP contribution in [0.25, 0.3) is 0 Å². The van der Waals surface area contributed by atoms with Gasteiger partial charge in [0, 0.05) is 24.7 Å². The average Bonchev–Trinajstić information content (AvgIpc) is 3.03. The molecule has 0 spiro atoms. The summed E-state index contributed by atoms with van der Waals surface area (Å²) in [7, 11) is 1.79. The van der Waals surface area contributed by atoms with E-state index >= 15 is 0 Å². The predicted molar refractivity (Wildman–Crippen MR) is 94.4 cm³/mol. The van der Waals surface area contributed by atoms with Gasteiger partial charge in [-0.3, -0.25) is 4.99 Å². The summed E-state index contributed by atoms with van der Waals surface area (Å²) in [5.74, 6) is 0.805. The number of guanidine groups is 1. The highest BCUT2D eigenvalue weighted by Crippen LogP contribution is 2.13. The Morgan fingerprint density at radius 2 is 1.82 bits per heavy atom. The maximum absolute atomic E-state index is 4.41. The molecule has 0 aliphatic carbocycles. The number of nitrogens with one attached hydrogen (secondary N) is 2. The van der Waals surface area contributed by atoms with Gasteiger partial charge in [-0.15, -0.1) is 11.3 Å². The van der Waals surface area contributed by atoms with Gasteiger partial charge in [0.25, 0.3) is 0 Å². The number of thiazole rings is 1. The summed E-state index contributed by atoms with van der Waals surface area (Å²) in [6.07, 6.45) is 4.04. The van der Waals surface area contributed by atoms with Gasteiger partial charge in [-0.1, -0.05) is 38.1 Å². The summed E-state index contributed by atoms with van der Waals surface area (Å²) >= 11 is 1.75. The molecule has 22 heavy (non-hydrogen) atoms. The number of aryl methyl sites for hydroxylation is 2. The molecule has 1 aromatic carbocycles. The van der Waals surface area contributed by atoms with Crippen molar-refractivity contribution in [1.82, 2.24) is 15.6 Å². The van der Waals surface area contributed by atoms with Gasteiger partial charge in [-0.2, -0.15) is 0 Å². The van der Waals surface area contributed by atoms with Crippen molar-refractivity contribution in [2.45, 2.75) is 39.8 Å². The molecule has 2 aromatic rings. The summed E-state index contributed by atoms with van der Waals surface area (Å²) in [5.41, 5.74) is 2.69. The van der Waals surface area contributed by atoms with Crippen molar-refractivity contribution < 1.29 is 0 Å². The highest BCUT2D eigenvalue weighted by Gasteiger charge is 2.04. The van der Waals surface area contributed by atoms with Crippen LogP contribution in [-0.2, 0) is 25.9 Å². The Bertz CT molecular complexity index is 619. The monoisotopic (exact) mass is 316 g/mol. The van der Waals surface area contributed by atoms with Crippen LogP contribution in [0.3, 0.4) is 0 Å². The largest absolute Gasteiger partial charge is 0.352 e. The van der Waals surface area contributed by atoms with E-state index in [-0.39, 0.29) is 0 Å². The van der Waals surface area contributed by atoms with Crippen LogP contribution in [0.2, 0.25) is 0 Å². The van der Waals surface area contributed by atoms with Crippen LogP contribution in [0.4, 0.5) is 0 Å². The molecule has 118 valence electrons. The SMILES string of the molecule is CCc1cnc(CNC(=NC)NCc2ccccc2CC)s1. The van der Waals surface area contributed by atoms with Crippen LogP contribution in [0, 0.1) is 0 Å². The van der Waals surface area contributed by atoms with Gasteiger partial charge >= 0.3 is 0 Å². The van der Waals surface area contributed by atoms with Crippen molar-refractivity contribution >= 4 is 17.3 Å². The molecule has 0 radical (unpaired) electrons. The number of benzene rings is 1.